The van der Waals surface area contributed by atoms with Crippen LogP contribution < -0.4 is 5.32 Å². The van der Waals surface area contributed by atoms with Crippen LogP contribution in [0.1, 0.15) is 44.3 Å². The van der Waals surface area contributed by atoms with Gasteiger partial charge in [0, 0.05) is 17.7 Å². The van der Waals surface area contributed by atoms with E-state index in [-0.39, 0.29) is 39.5 Å². The average Bonchev–Trinajstić information content (AvgIpc) is 2.49. The van der Waals surface area contributed by atoms with E-state index in [0.29, 0.717) is 6.54 Å². The molecule has 2 aromatic rings. The minimum atomic E-state index is -0.532. The Morgan fingerprint density at radius 3 is 2.41 bits per heavy atom. The van der Waals surface area contributed by atoms with Crippen molar-refractivity contribution in [2.45, 2.75) is 13.5 Å². The van der Waals surface area contributed by atoms with Crippen molar-refractivity contribution in [1.29, 1.82) is 0 Å². The molecule has 0 atom stereocenters. The first kappa shape index (κ1) is 14.3. The Kier molecular flexibility index (Phi) is 3.42. The van der Waals surface area contributed by atoms with Crippen molar-refractivity contribution < 1.29 is 19.8 Å². The predicted molar refractivity (Wildman–Crippen MR) is 80.5 cm³/mol. The van der Waals surface area contributed by atoms with E-state index in [0.717, 1.165) is 12.1 Å². The fourth-order valence-electron chi connectivity index (χ4n) is 2.71. The Morgan fingerprint density at radius 1 is 0.955 bits per heavy atom. The lowest BCUT2D eigenvalue weighted by molar-refractivity contribution is 0.0974. The van der Waals surface area contributed by atoms with Gasteiger partial charge in [0.2, 0.25) is 5.78 Å². The molecule has 3 N–H and O–H groups in total. The van der Waals surface area contributed by atoms with Crippen molar-refractivity contribution in [3.8, 4) is 11.5 Å². The van der Waals surface area contributed by atoms with Gasteiger partial charge in [-0.15, -0.1) is 0 Å². The minimum absolute atomic E-state index is 0.0424. The molecule has 2 aromatic carbocycles. The Morgan fingerprint density at radius 2 is 1.68 bits per heavy atom. The van der Waals surface area contributed by atoms with Gasteiger partial charge in [0.1, 0.15) is 11.5 Å². The molecule has 0 heterocycles. The van der Waals surface area contributed by atoms with E-state index < -0.39 is 5.78 Å². The molecule has 0 aliphatic heterocycles. The summed E-state index contributed by atoms with van der Waals surface area (Å²) in [4.78, 5) is 25.1. The first-order valence-electron chi connectivity index (χ1n) is 7.02. The zero-order chi connectivity index (χ0) is 15.9. The van der Waals surface area contributed by atoms with E-state index in [1.165, 1.54) is 24.3 Å². The zero-order valence-corrected chi connectivity index (χ0v) is 12.0. The lowest BCUT2D eigenvalue weighted by atomic mass is 9.82. The summed E-state index contributed by atoms with van der Waals surface area (Å²) in [7, 11) is 0. The van der Waals surface area contributed by atoms with Crippen LogP contribution in [0.15, 0.2) is 30.3 Å². The Labute approximate surface area is 127 Å². The second kappa shape index (κ2) is 5.27. The third kappa shape index (κ3) is 2.07. The van der Waals surface area contributed by atoms with Gasteiger partial charge in [0.05, 0.1) is 11.1 Å². The lowest BCUT2D eigenvalue weighted by Gasteiger charge is -2.20. The van der Waals surface area contributed by atoms with Gasteiger partial charge < -0.3 is 15.5 Å². The SMILES string of the molecule is CCNCc1cc(O)c2c(c1)C(=O)c1cccc(O)c1C2=O. The molecule has 5 nitrogen and oxygen atoms in total. The maximum absolute atomic E-state index is 12.6. The van der Waals surface area contributed by atoms with Crippen LogP contribution in [-0.4, -0.2) is 28.3 Å². The summed E-state index contributed by atoms with van der Waals surface area (Å²) in [6.45, 7) is 3.19. The van der Waals surface area contributed by atoms with E-state index in [4.69, 9.17) is 0 Å². The molecule has 3 rings (SSSR count). The summed E-state index contributed by atoms with van der Waals surface area (Å²) in [5.41, 5.74) is 0.977. The van der Waals surface area contributed by atoms with Gasteiger partial charge >= 0.3 is 0 Å². The zero-order valence-electron chi connectivity index (χ0n) is 12.0. The minimum Gasteiger partial charge on any atom is -0.507 e. The number of carbonyl (C=O) groups excluding carboxylic acids is 2. The van der Waals surface area contributed by atoms with Gasteiger partial charge in [0.25, 0.3) is 0 Å². The standard InChI is InChI=1S/C17H15NO4/c1-2-18-8-9-6-11-15(13(20)7-9)17(22)14-10(16(11)21)4-3-5-12(14)19/h3-7,18-20H,2,8H2,1H3. The molecule has 112 valence electrons. The molecule has 0 bridgehead atoms. The highest BCUT2D eigenvalue weighted by molar-refractivity contribution is 6.30. The van der Waals surface area contributed by atoms with Crippen LogP contribution in [0.3, 0.4) is 0 Å². The predicted octanol–water partition coefficient (Wildman–Crippen LogP) is 1.98. The van der Waals surface area contributed by atoms with Crippen molar-refractivity contribution in [3.63, 3.8) is 0 Å². The highest BCUT2D eigenvalue weighted by Crippen LogP contribution is 2.37. The number of phenolic OH excluding ortho intramolecular Hbond substituents is 2. The molecule has 0 aromatic heterocycles. The average molecular weight is 297 g/mol. The first-order chi connectivity index (χ1) is 10.5. The number of hydrogen-bond acceptors (Lipinski definition) is 5. The molecular weight excluding hydrogens is 282 g/mol. The summed E-state index contributed by atoms with van der Waals surface area (Å²) in [6, 6.07) is 7.47. The normalized spacial score (nSPS) is 13.0. The molecule has 0 radical (unpaired) electrons. The number of fused-ring (bicyclic) bond motifs is 2. The molecule has 5 heteroatoms. The first-order valence-corrected chi connectivity index (χ1v) is 7.02. The summed E-state index contributed by atoms with van der Waals surface area (Å²) in [5, 5.41) is 23.1. The fourth-order valence-corrected chi connectivity index (χ4v) is 2.71. The number of rotatable bonds is 3. The Bertz CT molecular complexity index is 795. The molecule has 0 fully saturated rings. The maximum atomic E-state index is 12.6. The van der Waals surface area contributed by atoms with Crippen molar-refractivity contribution >= 4 is 11.6 Å². The molecule has 22 heavy (non-hydrogen) atoms. The van der Waals surface area contributed by atoms with Crippen LogP contribution in [0.2, 0.25) is 0 Å². The molecule has 1 aliphatic rings. The third-order valence-electron chi connectivity index (χ3n) is 3.74. The summed E-state index contributed by atoms with van der Waals surface area (Å²) >= 11 is 0. The summed E-state index contributed by atoms with van der Waals surface area (Å²) in [5.74, 6) is -1.39. The van der Waals surface area contributed by atoms with Crippen molar-refractivity contribution in [3.05, 3.63) is 58.1 Å². The van der Waals surface area contributed by atoms with Gasteiger partial charge in [-0.2, -0.15) is 0 Å². The second-order valence-electron chi connectivity index (χ2n) is 5.18. The summed E-state index contributed by atoms with van der Waals surface area (Å²) < 4.78 is 0. The van der Waals surface area contributed by atoms with Crippen molar-refractivity contribution in [1.82, 2.24) is 5.32 Å². The molecule has 0 saturated heterocycles. The topological polar surface area (TPSA) is 86.6 Å². The molecule has 1 aliphatic carbocycles. The van der Waals surface area contributed by atoms with E-state index in [1.54, 1.807) is 6.07 Å². The second-order valence-corrected chi connectivity index (χ2v) is 5.18. The van der Waals surface area contributed by atoms with E-state index in [9.17, 15) is 19.8 Å². The molecule has 0 saturated carbocycles. The van der Waals surface area contributed by atoms with Gasteiger partial charge in [-0.05, 0) is 30.3 Å². The number of ketones is 2. The molecule has 0 spiro atoms. The quantitative estimate of drug-likeness (QED) is 0.688. The highest BCUT2D eigenvalue weighted by Gasteiger charge is 2.34. The molecule has 0 unspecified atom stereocenters. The fraction of sp³-hybridized carbons (Fsp3) is 0.176. The third-order valence-corrected chi connectivity index (χ3v) is 3.74. The van der Waals surface area contributed by atoms with E-state index in [2.05, 4.69) is 5.32 Å². The molecular formula is C17H15NO4. The van der Waals surface area contributed by atoms with Gasteiger partial charge in [0.15, 0.2) is 5.78 Å². The van der Waals surface area contributed by atoms with Gasteiger partial charge in [-0.1, -0.05) is 19.1 Å². The Balaban J connectivity index is 2.19. The largest absolute Gasteiger partial charge is 0.507 e. The van der Waals surface area contributed by atoms with Crippen molar-refractivity contribution in [2.75, 3.05) is 6.54 Å². The number of phenols is 2. The van der Waals surface area contributed by atoms with Gasteiger partial charge in [-0.25, -0.2) is 0 Å². The summed E-state index contributed by atoms with van der Waals surface area (Å²) in [6.07, 6.45) is 0. The van der Waals surface area contributed by atoms with Crippen LogP contribution >= 0.6 is 0 Å². The van der Waals surface area contributed by atoms with Crippen molar-refractivity contribution in [2.24, 2.45) is 0 Å². The van der Waals surface area contributed by atoms with Gasteiger partial charge in [-0.3, -0.25) is 9.59 Å². The number of carbonyl (C=O) groups is 2. The number of nitrogens with one attached hydrogen (secondary N) is 1. The number of benzene rings is 2. The van der Waals surface area contributed by atoms with E-state index >= 15 is 0 Å². The number of hydrogen-bond donors (Lipinski definition) is 3. The van der Waals surface area contributed by atoms with Crippen LogP contribution in [0.25, 0.3) is 0 Å². The monoisotopic (exact) mass is 297 g/mol. The van der Waals surface area contributed by atoms with E-state index in [1.807, 2.05) is 6.92 Å². The number of aromatic hydroxyl groups is 2. The van der Waals surface area contributed by atoms with Crippen LogP contribution in [-0.2, 0) is 6.54 Å². The van der Waals surface area contributed by atoms with Crippen LogP contribution in [0.5, 0.6) is 11.5 Å². The maximum Gasteiger partial charge on any atom is 0.201 e. The van der Waals surface area contributed by atoms with Crippen LogP contribution in [0.4, 0.5) is 0 Å². The smallest absolute Gasteiger partial charge is 0.201 e. The highest BCUT2D eigenvalue weighted by atomic mass is 16.3. The van der Waals surface area contributed by atoms with Crippen LogP contribution in [0, 0.1) is 0 Å². The lowest BCUT2D eigenvalue weighted by Crippen LogP contribution is -2.22. The Hall–Kier alpha value is -2.66. The molecule has 0 amide bonds.